The van der Waals surface area contributed by atoms with Gasteiger partial charge in [0.2, 0.25) is 0 Å². The van der Waals surface area contributed by atoms with Crippen molar-refractivity contribution in [2.75, 3.05) is 19.6 Å². The lowest BCUT2D eigenvalue weighted by atomic mass is 10.2. The smallest absolute Gasteiger partial charge is 0.251 e. The molecule has 0 aliphatic heterocycles. The van der Waals surface area contributed by atoms with Gasteiger partial charge in [-0.15, -0.1) is 0 Å². The fourth-order valence-corrected chi connectivity index (χ4v) is 2.67. The first-order chi connectivity index (χ1) is 12.5. The fourth-order valence-electron chi connectivity index (χ4n) is 2.67. The van der Waals surface area contributed by atoms with E-state index in [0.29, 0.717) is 30.5 Å². The lowest BCUT2D eigenvalue weighted by Gasteiger charge is -2.24. The van der Waals surface area contributed by atoms with Crippen LogP contribution in [0.1, 0.15) is 36.7 Å². The van der Waals surface area contributed by atoms with Crippen LogP contribution in [0.25, 0.3) is 0 Å². The molecule has 2 rings (SSSR count). The summed E-state index contributed by atoms with van der Waals surface area (Å²) in [7, 11) is 0. The number of hydrogen-bond donors (Lipinski definition) is 1. The maximum Gasteiger partial charge on any atom is 0.251 e. The highest BCUT2D eigenvalue weighted by Crippen LogP contribution is 2.15. The van der Waals surface area contributed by atoms with Gasteiger partial charge in [-0.3, -0.25) is 9.69 Å². The minimum absolute atomic E-state index is 0.114. The number of carbonyl (C=O) groups is 1. The molecule has 4 nitrogen and oxygen atoms in total. The molecule has 0 radical (unpaired) electrons. The molecule has 0 unspecified atom stereocenters. The van der Waals surface area contributed by atoms with Crippen LogP contribution in [-0.2, 0) is 6.61 Å². The third kappa shape index (κ3) is 6.15. The van der Waals surface area contributed by atoms with Crippen molar-refractivity contribution < 1.29 is 13.9 Å². The van der Waals surface area contributed by atoms with Gasteiger partial charge < -0.3 is 10.1 Å². The number of hydrogen-bond acceptors (Lipinski definition) is 3. The van der Waals surface area contributed by atoms with Crippen LogP contribution in [0.4, 0.5) is 4.39 Å². The first-order valence-electron chi connectivity index (χ1n) is 8.99. The second-order valence-corrected chi connectivity index (χ2v) is 6.42. The van der Waals surface area contributed by atoms with Crippen molar-refractivity contribution in [3.8, 4) is 5.75 Å². The number of benzene rings is 2. The Hall–Kier alpha value is -2.40. The molecule has 1 amide bonds. The Morgan fingerprint density at radius 2 is 1.92 bits per heavy atom. The fraction of sp³-hybridized carbons (Fsp3) is 0.381. The third-order valence-electron chi connectivity index (χ3n) is 4.24. The number of likely N-dealkylation sites (N-methyl/N-ethyl adjacent to an activating group) is 1. The SMILES string of the molecule is CCN(CCNC(=O)c1cccc(OCc2ccc(F)cc2)c1)C(C)C. The van der Waals surface area contributed by atoms with Crippen LogP contribution in [0.3, 0.4) is 0 Å². The molecule has 0 aliphatic rings. The summed E-state index contributed by atoms with van der Waals surface area (Å²) in [6, 6.07) is 13.7. The average molecular weight is 358 g/mol. The van der Waals surface area contributed by atoms with Gasteiger partial charge in [0.05, 0.1) is 0 Å². The van der Waals surface area contributed by atoms with Crippen LogP contribution in [0.2, 0.25) is 0 Å². The molecular formula is C21H27FN2O2. The summed E-state index contributed by atoms with van der Waals surface area (Å²) in [6.45, 7) is 9.11. The number of nitrogens with zero attached hydrogens (tertiary/aromatic N) is 1. The molecule has 0 spiro atoms. The lowest BCUT2D eigenvalue weighted by Crippen LogP contribution is -2.38. The van der Waals surface area contributed by atoms with E-state index in [1.165, 1.54) is 12.1 Å². The summed E-state index contributed by atoms with van der Waals surface area (Å²) in [4.78, 5) is 14.6. The van der Waals surface area contributed by atoms with Crippen molar-refractivity contribution >= 4 is 5.91 Å². The number of rotatable bonds is 9. The van der Waals surface area contributed by atoms with E-state index in [1.54, 1.807) is 36.4 Å². The van der Waals surface area contributed by atoms with Crippen molar-refractivity contribution in [3.63, 3.8) is 0 Å². The summed E-state index contributed by atoms with van der Waals surface area (Å²) >= 11 is 0. The molecule has 2 aromatic rings. The van der Waals surface area contributed by atoms with Crippen LogP contribution in [0.5, 0.6) is 5.75 Å². The number of ether oxygens (including phenoxy) is 1. The Morgan fingerprint density at radius 1 is 1.19 bits per heavy atom. The maximum absolute atomic E-state index is 12.9. The normalized spacial score (nSPS) is 11.0. The predicted octanol–water partition coefficient (Wildman–Crippen LogP) is 3.86. The maximum atomic E-state index is 12.9. The minimum atomic E-state index is -0.272. The molecule has 0 heterocycles. The third-order valence-corrected chi connectivity index (χ3v) is 4.24. The largest absolute Gasteiger partial charge is 0.489 e. The number of carbonyl (C=O) groups excluding carboxylic acids is 1. The molecule has 0 fully saturated rings. The van der Waals surface area contributed by atoms with Crippen LogP contribution < -0.4 is 10.1 Å². The van der Waals surface area contributed by atoms with Crippen molar-refractivity contribution in [1.82, 2.24) is 10.2 Å². The zero-order chi connectivity index (χ0) is 18.9. The van der Waals surface area contributed by atoms with Gasteiger partial charge in [0.1, 0.15) is 18.2 Å². The van der Waals surface area contributed by atoms with E-state index in [2.05, 4.69) is 31.0 Å². The second-order valence-electron chi connectivity index (χ2n) is 6.42. The molecule has 0 saturated carbocycles. The summed E-state index contributed by atoms with van der Waals surface area (Å²) in [6.07, 6.45) is 0. The van der Waals surface area contributed by atoms with Crippen LogP contribution >= 0.6 is 0 Å². The Labute approximate surface area is 155 Å². The van der Waals surface area contributed by atoms with E-state index in [9.17, 15) is 9.18 Å². The van der Waals surface area contributed by atoms with Crippen LogP contribution in [-0.4, -0.2) is 36.5 Å². The first-order valence-corrected chi connectivity index (χ1v) is 8.99. The van der Waals surface area contributed by atoms with Gasteiger partial charge >= 0.3 is 0 Å². The van der Waals surface area contributed by atoms with E-state index in [-0.39, 0.29) is 11.7 Å². The van der Waals surface area contributed by atoms with Gasteiger partial charge in [-0.2, -0.15) is 0 Å². The lowest BCUT2D eigenvalue weighted by molar-refractivity contribution is 0.0945. The molecule has 0 bridgehead atoms. The molecule has 140 valence electrons. The van der Waals surface area contributed by atoms with E-state index in [1.807, 2.05) is 0 Å². The standard InChI is InChI=1S/C21H27FN2O2/c1-4-24(16(2)3)13-12-23-21(25)18-6-5-7-20(14-18)26-15-17-8-10-19(22)11-9-17/h5-11,14,16H,4,12-13,15H2,1-3H3,(H,23,25). The quantitative estimate of drug-likeness (QED) is 0.740. The van der Waals surface area contributed by atoms with Crippen LogP contribution in [0, 0.1) is 5.82 Å². The number of halogens is 1. The van der Waals surface area contributed by atoms with Crippen molar-refractivity contribution in [3.05, 3.63) is 65.5 Å². The van der Waals surface area contributed by atoms with Crippen molar-refractivity contribution in [1.29, 1.82) is 0 Å². The Kier molecular flexibility index (Phi) is 7.60. The highest BCUT2D eigenvalue weighted by atomic mass is 19.1. The van der Waals surface area contributed by atoms with Gasteiger partial charge in [-0.25, -0.2) is 4.39 Å². The summed E-state index contributed by atoms with van der Waals surface area (Å²) in [5.74, 6) is 0.225. The Balaban J connectivity index is 1.87. The van der Waals surface area contributed by atoms with E-state index in [4.69, 9.17) is 4.74 Å². The van der Waals surface area contributed by atoms with Crippen molar-refractivity contribution in [2.24, 2.45) is 0 Å². The summed E-state index contributed by atoms with van der Waals surface area (Å²) in [5.41, 5.74) is 1.43. The average Bonchev–Trinajstić information content (AvgIpc) is 2.64. The molecule has 0 saturated heterocycles. The summed E-state index contributed by atoms with van der Waals surface area (Å²) in [5, 5.41) is 2.95. The molecule has 5 heteroatoms. The first kappa shape index (κ1) is 19.9. The Bertz CT molecular complexity index is 701. The predicted molar refractivity (Wildman–Crippen MR) is 102 cm³/mol. The second kappa shape index (κ2) is 9.92. The Morgan fingerprint density at radius 3 is 2.58 bits per heavy atom. The molecule has 1 N–H and O–H groups in total. The highest BCUT2D eigenvalue weighted by molar-refractivity contribution is 5.94. The number of nitrogens with one attached hydrogen (secondary N) is 1. The van der Waals surface area contributed by atoms with Gasteiger partial charge in [0.15, 0.2) is 0 Å². The van der Waals surface area contributed by atoms with Gasteiger partial charge in [0.25, 0.3) is 5.91 Å². The van der Waals surface area contributed by atoms with Gasteiger partial charge in [-0.05, 0) is 56.3 Å². The van der Waals surface area contributed by atoms with Crippen LogP contribution in [0.15, 0.2) is 48.5 Å². The van der Waals surface area contributed by atoms with E-state index >= 15 is 0 Å². The molecule has 0 aromatic heterocycles. The topological polar surface area (TPSA) is 41.6 Å². The van der Waals surface area contributed by atoms with Gasteiger partial charge in [-0.1, -0.05) is 25.1 Å². The minimum Gasteiger partial charge on any atom is -0.489 e. The molecule has 2 aromatic carbocycles. The molecule has 0 atom stereocenters. The molecule has 26 heavy (non-hydrogen) atoms. The zero-order valence-electron chi connectivity index (χ0n) is 15.7. The highest BCUT2D eigenvalue weighted by Gasteiger charge is 2.09. The van der Waals surface area contributed by atoms with Gasteiger partial charge in [0, 0.05) is 24.7 Å². The number of amides is 1. The van der Waals surface area contributed by atoms with E-state index in [0.717, 1.165) is 18.7 Å². The monoisotopic (exact) mass is 358 g/mol. The zero-order valence-corrected chi connectivity index (χ0v) is 15.7. The van der Waals surface area contributed by atoms with E-state index < -0.39 is 0 Å². The molecule has 0 aliphatic carbocycles. The van der Waals surface area contributed by atoms with Crippen molar-refractivity contribution in [2.45, 2.75) is 33.4 Å². The molecular weight excluding hydrogens is 331 g/mol. The summed E-state index contributed by atoms with van der Waals surface area (Å²) < 4.78 is 18.6.